The molecule has 93 valence electrons. The molecule has 0 saturated heterocycles. The van der Waals surface area contributed by atoms with E-state index in [1.54, 1.807) is 6.20 Å². The summed E-state index contributed by atoms with van der Waals surface area (Å²) in [6, 6.07) is 0. The minimum Gasteiger partial charge on any atom is -0.370 e. The number of primary amides is 1. The molecule has 0 spiro atoms. The minimum atomic E-state index is -0.412. The Kier molecular flexibility index (Phi) is 5.09. The van der Waals surface area contributed by atoms with E-state index in [2.05, 4.69) is 24.1 Å². The lowest BCUT2D eigenvalue weighted by Crippen LogP contribution is -2.15. The zero-order chi connectivity index (χ0) is 12.8. The third kappa shape index (κ3) is 4.95. The molecule has 1 rings (SSSR count). The number of aromatic nitrogens is 1. The number of anilines is 1. The fourth-order valence-electron chi connectivity index (χ4n) is 1.11. The highest BCUT2D eigenvalue weighted by atomic mass is 32.1. The van der Waals surface area contributed by atoms with E-state index in [0.717, 1.165) is 4.88 Å². The van der Waals surface area contributed by atoms with Crippen LogP contribution in [-0.4, -0.2) is 16.8 Å². The Bertz CT molecular complexity index is 401. The number of nitrogens with one attached hydrogen (secondary N) is 1. The van der Waals surface area contributed by atoms with E-state index >= 15 is 0 Å². The topological polar surface area (TPSA) is 85.1 Å². The number of hydrogen-bond donors (Lipinski definition) is 2. The zero-order valence-corrected chi connectivity index (χ0v) is 10.7. The predicted octanol–water partition coefficient (Wildman–Crippen LogP) is 1.67. The zero-order valence-electron chi connectivity index (χ0n) is 9.90. The lowest BCUT2D eigenvalue weighted by atomic mass is 10.2. The molecular weight excluding hydrogens is 238 g/mol. The van der Waals surface area contributed by atoms with E-state index in [0.29, 0.717) is 17.5 Å². The molecule has 1 aromatic rings. The standard InChI is InChI=1S/C11H16N3O2S/c1-7(2)8-6-13-11(17-8)14-10(16)5-3-4-9(12)15/h5-7H,3-4H2,1-2H3,(H2,12,15)(H,13,14,16). The van der Waals surface area contributed by atoms with Crippen LogP contribution in [0.25, 0.3) is 0 Å². The summed E-state index contributed by atoms with van der Waals surface area (Å²) < 4.78 is 0. The molecule has 1 aromatic heterocycles. The molecule has 0 aliphatic rings. The first kappa shape index (κ1) is 13.6. The second kappa shape index (κ2) is 6.34. The van der Waals surface area contributed by atoms with Gasteiger partial charge in [-0.15, -0.1) is 11.3 Å². The average Bonchev–Trinajstić information content (AvgIpc) is 2.65. The van der Waals surface area contributed by atoms with Gasteiger partial charge in [-0.2, -0.15) is 0 Å². The largest absolute Gasteiger partial charge is 0.370 e. The molecule has 0 fully saturated rings. The highest BCUT2D eigenvalue weighted by Gasteiger charge is 2.09. The summed E-state index contributed by atoms with van der Waals surface area (Å²) in [7, 11) is 0. The van der Waals surface area contributed by atoms with E-state index in [9.17, 15) is 9.59 Å². The molecule has 0 aliphatic heterocycles. The van der Waals surface area contributed by atoms with E-state index in [1.165, 1.54) is 17.8 Å². The highest BCUT2D eigenvalue weighted by molar-refractivity contribution is 7.15. The molecule has 0 aliphatic carbocycles. The summed E-state index contributed by atoms with van der Waals surface area (Å²) >= 11 is 1.45. The molecule has 0 bridgehead atoms. The van der Waals surface area contributed by atoms with Crippen molar-refractivity contribution in [3.05, 3.63) is 17.5 Å². The first-order valence-corrected chi connectivity index (χ1v) is 6.19. The second-order valence-electron chi connectivity index (χ2n) is 3.92. The summed E-state index contributed by atoms with van der Waals surface area (Å²) in [5.74, 6) is -0.265. The predicted molar refractivity (Wildman–Crippen MR) is 67.6 cm³/mol. The molecule has 5 nitrogen and oxygen atoms in total. The third-order valence-electron chi connectivity index (χ3n) is 2.04. The summed E-state index contributed by atoms with van der Waals surface area (Å²) in [5.41, 5.74) is 4.97. The molecule has 17 heavy (non-hydrogen) atoms. The quantitative estimate of drug-likeness (QED) is 0.809. The Morgan fingerprint density at radius 3 is 2.82 bits per heavy atom. The third-order valence-corrected chi connectivity index (χ3v) is 3.26. The van der Waals surface area contributed by atoms with Crippen molar-refractivity contribution in [2.24, 2.45) is 5.73 Å². The van der Waals surface area contributed by atoms with Gasteiger partial charge >= 0.3 is 0 Å². The average molecular weight is 254 g/mol. The van der Waals surface area contributed by atoms with Gasteiger partial charge in [0.1, 0.15) is 0 Å². The van der Waals surface area contributed by atoms with Crippen LogP contribution in [0, 0.1) is 6.42 Å². The molecule has 6 heteroatoms. The number of carbonyl (C=O) groups excluding carboxylic acids is 2. The monoisotopic (exact) mass is 254 g/mol. The lowest BCUT2D eigenvalue weighted by molar-refractivity contribution is -0.118. The number of rotatable bonds is 6. The van der Waals surface area contributed by atoms with Crippen molar-refractivity contribution >= 4 is 28.3 Å². The van der Waals surface area contributed by atoms with Crippen LogP contribution in [0.1, 0.15) is 37.5 Å². The molecule has 3 N–H and O–H groups in total. The van der Waals surface area contributed by atoms with Gasteiger partial charge < -0.3 is 11.1 Å². The van der Waals surface area contributed by atoms with Crippen molar-refractivity contribution in [3.8, 4) is 0 Å². The second-order valence-corrected chi connectivity index (χ2v) is 4.98. The van der Waals surface area contributed by atoms with Crippen LogP contribution >= 0.6 is 11.3 Å². The van der Waals surface area contributed by atoms with Gasteiger partial charge in [0.25, 0.3) is 0 Å². The van der Waals surface area contributed by atoms with E-state index in [4.69, 9.17) is 5.73 Å². The van der Waals surface area contributed by atoms with Crippen LogP contribution in [-0.2, 0) is 9.59 Å². The van der Waals surface area contributed by atoms with Gasteiger partial charge in [-0.05, 0) is 12.3 Å². The van der Waals surface area contributed by atoms with Gasteiger partial charge in [-0.25, -0.2) is 4.98 Å². The Morgan fingerprint density at radius 2 is 2.29 bits per heavy atom. The Labute approximate surface area is 104 Å². The fourth-order valence-corrected chi connectivity index (χ4v) is 1.93. The van der Waals surface area contributed by atoms with Crippen LogP contribution in [0.4, 0.5) is 5.13 Å². The number of hydrogen-bond acceptors (Lipinski definition) is 4. The number of carbonyl (C=O) groups is 2. The smallest absolute Gasteiger partial charge is 0.230 e. The Morgan fingerprint density at radius 1 is 1.59 bits per heavy atom. The maximum absolute atomic E-state index is 11.4. The van der Waals surface area contributed by atoms with E-state index in [1.807, 2.05) is 0 Å². The van der Waals surface area contributed by atoms with Gasteiger partial charge in [0.2, 0.25) is 11.8 Å². The summed E-state index contributed by atoms with van der Waals surface area (Å²) in [4.78, 5) is 27.1. The number of amides is 2. The van der Waals surface area contributed by atoms with Gasteiger partial charge in [-0.1, -0.05) is 13.8 Å². The molecule has 0 unspecified atom stereocenters. The van der Waals surface area contributed by atoms with Crippen molar-refractivity contribution in [1.29, 1.82) is 0 Å². The van der Waals surface area contributed by atoms with Crippen molar-refractivity contribution in [2.75, 3.05) is 5.32 Å². The van der Waals surface area contributed by atoms with Gasteiger partial charge in [0.15, 0.2) is 5.13 Å². The summed E-state index contributed by atoms with van der Waals surface area (Å²) in [5, 5.41) is 3.23. The Balaban J connectivity index is 2.37. The minimum absolute atomic E-state index is 0.183. The van der Waals surface area contributed by atoms with Crippen molar-refractivity contribution < 1.29 is 9.59 Å². The maximum atomic E-state index is 11.4. The summed E-state index contributed by atoms with van der Waals surface area (Å²) in [6.07, 6.45) is 3.70. The van der Waals surface area contributed by atoms with Crippen molar-refractivity contribution in [1.82, 2.24) is 4.98 Å². The first-order valence-electron chi connectivity index (χ1n) is 5.37. The fraction of sp³-hybridized carbons (Fsp3) is 0.455. The molecule has 2 amide bonds. The number of thiazole rings is 1. The van der Waals surface area contributed by atoms with Gasteiger partial charge in [0.05, 0.1) is 6.42 Å². The van der Waals surface area contributed by atoms with Crippen LogP contribution in [0.15, 0.2) is 6.20 Å². The molecule has 1 heterocycles. The molecule has 0 aromatic carbocycles. The molecule has 1 radical (unpaired) electrons. The van der Waals surface area contributed by atoms with Crippen LogP contribution in [0.5, 0.6) is 0 Å². The normalized spacial score (nSPS) is 10.5. The number of nitrogens with two attached hydrogens (primary N) is 1. The summed E-state index contributed by atoms with van der Waals surface area (Å²) in [6.45, 7) is 4.14. The van der Waals surface area contributed by atoms with E-state index in [-0.39, 0.29) is 12.3 Å². The van der Waals surface area contributed by atoms with Crippen LogP contribution in [0.3, 0.4) is 0 Å². The molecular formula is C11H16N3O2S. The maximum Gasteiger partial charge on any atom is 0.230 e. The van der Waals surface area contributed by atoms with E-state index < -0.39 is 5.91 Å². The lowest BCUT2D eigenvalue weighted by Gasteiger charge is -2.00. The van der Waals surface area contributed by atoms with Gasteiger partial charge in [-0.3, -0.25) is 9.59 Å². The molecule has 0 atom stereocenters. The van der Waals surface area contributed by atoms with Crippen LogP contribution < -0.4 is 11.1 Å². The first-order chi connectivity index (χ1) is 7.99. The Hall–Kier alpha value is -1.43. The van der Waals surface area contributed by atoms with Gasteiger partial charge in [0, 0.05) is 17.5 Å². The van der Waals surface area contributed by atoms with Crippen molar-refractivity contribution in [2.45, 2.75) is 32.6 Å². The van der Waals surface area contributed by atoms with Crippen molar-refractivity contribution in [3.63, 3.8) is 0 Å². The number of nitrogens with zero attached hydrogens (tertiary/aromatic N) is 1. The highest BCUT2D eigenvalue weighted by Crippen LogP contribution is 2.25. The van der Waals surface area contributed by atoms with Crippen LogP contribution in [0.2, 0.25) is 0 Å². The SMILES string of the molecule is CC(C)c1cnc(NC(=O)[CH]CCC(N)=O)s1. The molecule has 0 saturated carbocycles.